The Balaban J connectivity index is 1.83. The maximum Gasteiger partial charge on any atom is 0.311 e. The van der Waals surface area contributed by atoms with E-state index in [0.717, 1.165) is 25.1 Å². The van der Waals surface area contributed by atoms with Gasteiger partial charge in [0, 0.05) is 25.7 Å². The van der Waals surface area contributed by atoms with Gasteiger partial charge in [0.05, 0.1) is 11.1 Å². The Labute approximate surface area is 161 Å². The Morgan fingerprint density at radius 3 is 2.70 bits per heavy atom. The molecule has 2 atom stereocenters. The van der Waals surface area contributed by atoms with E-state index < -0.39 is 11.4 Å². The molecule has 2 aliphatic rings. The minimum absolute atomic E-state index is 0.0303. The van der Waals surface area contributed by atoms with E-state index in [9.17, 15) is 14.7 Å². The number of piperidine rings is 2. The largest absolute Gasteiger partial charge is 0.481 e. The average Bonchev–Trinajstić information content (AvgIpc) is 3.03. The molecule has 150 valence electrons. The molecule has 3 heterocycles. The molecule has 1 aromatic heterocycles. The number of hydrogen-bond donors (Lipinski definition) is 1. The molecule has 7 nitrogen and oxygen atoms in total. The first-order valence-electron chi connectivity index (χ1n) is 10.1. The lowest BCUT2D eigenvalue weighted by Crippen LogP contribution is -2.63. The molecular weight excluding hydrogens is 344 g/mol. The fourth-order valence-corrected chi connectivity index (χ4v) is 4.73. The van der Waals surface area contributed by atoms with Gasteiger partial charge in [-0.1, -0.05) is 13.8 Å². The minimum atomic E-state index is -0.725. The van der Waals surface area contributed by atoms with Gasteiger partial charge < -0.3 is 14.9 Å². The smallest absolute Gasteiger partial charge is 0.311 e. The maximum atomic E-state index is 13.2. The monoisotopic (exact) mass is 376 g/mol. The quantitative estimate of drug-likeness (QED) is 0.851. The number of likely N-dealkylation sites (tertiary alicyclic amines) is 2. The number of nitrogens with zero attached hydrogens (tertiary/aromatic N) is 4. The molecular formula is C20H32N4O3. The Kier molecular flexibility index (Phi) is 5.60. The number of aryl methyl sites for hydroxylation is 1. The highest BCUT2D eigenvalue weighted by Gasteiger charge is 2.53. The van der Waals surface area contributed by atoms with Gasteiger partial charge in [0.15, 0.2) is 0 Å². The van der Waals surface area contributed by atoms with Crippen LogP contribution in [0.1, 0.15) is 56.2 Å². The van der Waals surface area contributed by atoms with Crippen LogP contribution in [0.3, 0.4) is 0 Å². The Hall–Kier alpha value is -1.89. The number of carboxylic acid groups (broad SMARTS) is 1. The molecule has 1 aromatic rings. The third-order valence-corrected chi connectivity index (χ3v) is 6.20. The number of amides is 1. The van der Waals surface area contributed by atoms with Gasteiger partial charge in [0.2, 0.25) is 0 Å². The highest BCUT2D eigenvalue weighted by molar-refractivity contribution is 5.93. The van der Waals surface area contributed by atoms with E-state index >= 15 is 0 Å². The summed E-state index contributed by atoms with van der Waals surface area (Å²) in [6, 6.07) is 1.78. The second-order valence-electron chi connectivity index (χ2n) is 8.50. The second-order valence-corrected chi connectivity index (χ2v) is 8.50. The number of carbonyl (C=O) groups is 2. The van der Waals surface area contributed by atoms with Crippen LogP contribution in [0.15, 0.2) is 6.07 Å². The van der Waals surface area contributed by atoms with Gasteiger partial charge in [-0.25, -0.2) is 0 Å². The number of hydrogen-bond acceptors (Lipinski definition) is 4. The van der Waals surface area contributed by atoms with Crippen molar-refractivity contribution in [3.05, 3.63) is 17.5 Å². The number of carboxylic acids is 1. The molecule has 0 spiro atoms. The van der Waals surface area contributed by atoms with Crippen LogP contribution in [-0.4, -0.2) is 69.3 Å². The molecule has 2 aliphatic heterocycles. The highest BCUT2D eigenvalue weighted by atomic mass is 16.4. The van der Waals surface area contributed by atoms with Gasteiger partial charge in [0.1, 0.15) is 5.69 Å². The van der Waals surface area contributed by atoms with Gasteiger partial charge in [-0.3, -0.25) is 14.3 Å². The molecule has 2 saturated heterocycles. The zero-order chi connectivity index (χ0) is 19.8. The molecule has 27 heavy (non-hydrogen) atoms. The average molecular weight is 377 g/mol. The number of fused-ring (bicyclic) bond motifs is 1. The van der Waals surface area contributed by atoms with Crippen LogP contribution in [0.4, 0.5) is 0 Å². The van der Waals surface area contributed by atoms with Gasteiger partial charge in [-0.15, -0.1) is 0 Å². The van der Waals surface area contributed by atoms with Crippen molar-refractivity contribution in [1.82, 2.24) is 19.6 Å². The molecule has 3 rings (SSSR count). The van der Waals surface area contributed by atoms with Crippen LogP contribution >= 0.6 is 0 Å². The van der Waals surface area contributed by atoms with E-state index in [2.05, 4.69) is 23.8 Å². The van der Waals surface area contributed by atoms with Crippen LogP contribution in [0.5, 0.6) is 0 Å². The summed E-state index contributed by atoms with van der Waals surface area (Å²) in [5.41, 5.74) is 0.841. The molecule has 0 bridgehead atoms. The minimum Gasteiger partial charge on any atom is -0.481 e. The molecule has 2 fully saturated rings. The third kappa shape index (κ3) is 3.61. The van der Waals surface area contributed by atoms with Crippen molar-refractivity contribution < 1.29 is 14.7 Å². The summed E-state index contributed by atoms with van der Waals surface area (Å²) in [6.07, 6.45) is 2.96. The van der Waals surface area contributed by atoms with Crippen LogP contribution < -0.4 is 0 Å². The molecule has 0 unspecified atom stereocenters. The standard InChI is InChI=1S/C20H32N4O3/c1-5-24-16(12-15(21-24)11-14(2)3)18(25)23-10-8-20(19(26)27)7-6-9-22(4)17(20)13-23/h12,14,17H,5-11,13H2,1-4H3,(H,26,27)/t17-,20+/m1/s1. The van der Waals surface area contributed by atoms with Crippen LogP contribution in [0.2, 0.25) is 0 Å². The predicted molar refractivity (Wildman–Crippen MR) is 103 cm³/mol. The summed E-state index contributed by atoms with van der Waals surface area (Å²) in [7, 11) is 1.98. The van der Waals surface area contributed by atoms with E-state index in [1.165, 1.54) is 0 Å². The van der Waals surface area contributed by atoms with Crippen molar-refractivity contribution in [3.63, 3.8) is 0 Å². The first kappa shape index (κ1) is 19.9. The van der Waals surface area contributed by atoms with E-state index in [1.807, 2.05) is 24.9 Å². The Morgan fingerprint density at radius 2 is 2.07 bits per heavy atom. The van der Waals surface area contributed by atoms with Crippen molar-refractivity contribution in [2.45, 2.75) is 59.0 Å². The second kappa shape index (κ2) is 7.62. The summed E-state index contributed by atoms with van der Waals surface area (Å²) in [6.45, 7) is 8.76. The van der Waals surface area contributed by atoms with Crippen molar-refractivity contribution in [2.24, 2.45) is 11.3 Å². The molecule has 0 radical (unpaired) electrons. The first-order chi connectivity index (χ1) is 12.8. The number of likely N-dealkylation sites (N-methyl/N-ethyl adjacent to an activating group) is 1. The molecule has 0 aliphatic carbocycles. The molecule has 7 heteroatoms. The lowest BCUT2D eigenvalue weighted by Gasteiger charge is -2.51. The topological polar surface area (TPSA) is 78.7 Å². The van der Waals surface area contributed by atoms with Crippen LogP contribution in [-0.2, 0) is 17.8 Å². The third-order valence-electron chi connectivity index (χ3n) is 6.20. The van der Waals surface area contributed by atoms with E-state index in [1.54, 1.807) is 4.68 Å². The lowest BCUT2D eigenvalue weighted by atomic mass is 9.68. The van der Waals surface area contributed by atoms with E-state index in [0.29, 0.717) is 44.1 Å². The van der Waals surface area contributed by atoms with Crippen LogP contribution in [0.25, 0.3) is 0 Å². The lowest BCUT2D eigenvalue weighted by molar-refractivity contribution is -0.161. The molecule has 1 amide bonds. The Bertz CT molecular complexity index is 714. The van der Waals surface area contributed by atoms with Gasteiger partial charge in [0.25, 0.3) is 5.91 Å². The molecule has 1 N–H and O–H groups in total. The molecule has 0 aromatic carbocycles. The predicted octanol–water partition coefficient (Wildman–Crippen LogP) is 2.11. The number of aliphatic carboxylic acids is 1. The maximum absolute atomic E-state index is 13.2. The van der Waals surface area contributed by atoms with Crippen molar-refractivity contribution >= 4 is 11.9 Å². The fourth-order valence-electron chi connectivity index (χ4n) is 4.73. The first-order valence-corrected chi connectivity index (χ1v) is 10.1. The fraction of sp³-hybridized carbons (Fsp3) is 0.750. The number of aromatic nitrogens is 2. The highest BCUT2D eigenvalue weighted by Crippen LogP contribution is 2.42. The van der Waals surface area contributed by atoms with Crippen molar-refractivity contribution in [3.8, 4) is 0 Å². The van der Waals surface area contributed by atoms with Crippen molar-refractivity contribution in [1.29, 1.82) is 0 Å². The number of rotatable bonds is 5. The zero-order valence-electron chi connectivity index (χ0n) is 16.9. The van der Waals surface area contributed by atoms with Crippen molar-refractivity contribution in [2.75, 3.05) is 26.7 Å². The Morgan fingerprint density at radius 1 is 1.33 bits per heavy atom. The van der Waals surface area contributed by atoms with E-state index in [-0.39, 0.29) is 11.9 Å². The molecule has 0 saturated carbocycles. The summed E-state index contributed by atoms with van der Waals surface area (Å²) in [4.78, 5) is 29.3. The van der Waals surface area contributed by atoms with Gasteiger partial charge in [-0.05, 0) is 58.2 Å². The van der Waals surface area contributed by atoms with Crippen LogP contribution in [0, 0.1) is 11.3 Å². The zero-order valence-corrected chi connectivity index (χ0v) is 16.9. The summed E-state index contributed by atoms with van der Waals surface area (Å²) >= 11 is 0. The summed E-state index contributed by atoms with van der Waals surface area (Å²) < 4.78 is 1.78. The van der Waals surface area contributed by atoms with E-state index in [4.69, 9.17) is 0 Å². The summed E-state index contributed by atoms with van der Waals surface area (Å²) in [5.74, 6) is -0.267. The van der Waals surface area contributed by atoms with Gasteiger partial charge >= 0.3 is 5.97 Å². The normalized spacial score (nSPS) is 26.3. The number of carbonyl (C=O) groups excluding carboxylic acids is 1. The van der Waals surface area contributed by atoms with Gasteiger partial charge in [-0.2, -0.15) is 5.10 Å². The summed E-state index contributed by atoms with van der Waals surface area (Å²) in [5, 5.41) is 14.5. The SMILES string of the molecule is CCn1nc(CC(C)C)cc1C(=O)N1CC[C@@]2(C(=O)O)CCCN(C)[C@@H]2C1.